The van der Waals surface area contributed by atoms with Crippen LogP contribution in [0.25, 0.3) is 0 Å². The Morgan fingerprint density at radius 1 is 0.900 bits per heavy atom. The summed E-state index contributed by atoms with van der Waals surface area (Å²) < 4.78 is 0. The van der Waals surface area contributed by atoms with E-state index >= 15 is 0 Å². The van der Waals surface area contributed by atoms with Crippen molar-refractivity contribution in [1.29, 1.82) is 0 Å². The molecule has 0 spiro atoms. The van der Waals surface area contributed by atoms with Gasteiger partial charge in [-0.05, 0) is 36.1 Å². The zero-order valence-electron chi connectivity index (χ0n) is 11.0. The lowest BCUT2D eigenvalue weighted by Crippen LogP contribution is -1.92. The van der Waals surface area contributed by atoms with E-state index in [9.17, 15) is 9.59 Å². The summed E-state index contributed by atoms with van der Waals surface area (Å²) >= 11 is 0. The highest BCUT2D eigenvalue weighted by Crippen LogP contribution is 2.33. The summed E-state index contributed by atoms with van der Waals surface area (Å²) in [6.45, 7) is 2.02. The smallest absolute Gasteiger partial charge is 0.211 e. The Hall–Kier alpha value is -2.80. The molecule has 2 rings (SSSR count). The van der Waals surface area contributed by atoms with Gasteiger partial charge in [0.2, 0.25) is 12.2 Å². The molecular weight excluding hydrogens is 252 g/mol. The Labute approximate surface area is 116 Å². The molecule has 0 fully saturated rings. The van der Waals surface area contributed by atoms with E-state index in [1.807, 2.05) is 37.3 Å². The number of nitrogens with zero attached hydrogens (tertiary/aromatic N) is 2. The maximum Gasteiger partial charge on any atom is 0.240 e. The second-order valence-corrected chi connectivity index (χ2v) is 4.29. The molecule has 0 aliphatic carbocycles. The lowest BCUT2D eigenvalue weighted by molar-refractivity contribution is 0.564. The zero-order chi connectivity index (χ0) is 14.4. The van der Waals surface area contributed by atoms with Crippen LogP contribution in [0.15, 0.2) is 52.4 Å². The highest BCUT2D eigenvalue weighted by atomic mass is 16.1. The molecule has 0 unspecified atom stereocenters. The van der Waals surface area contributed by atoms with E-state index in [1.54, 1.807) is 12.1 Å². The van der Waals surface area contributed by atoms with Gasteiger partial charge in [-0.25, -0.2) is 9.59 Å². The summed E-state index contributed by atoms with van der Waals surface area (Å²) in [5.41, 5.74) is 3.79. The van der Waals surface area contributed by atoms with Gasteiger partial charge in [-0.15, -0.1) is 0 Å². The number of para-hydroxylation sites is 1. The van der Waals surface area contributed by atoms with Crippen LogP contribution in [0.2, 0.25) is 0 Å². The molecule has 0 radical (unpaired) electrons. The molecule has 0 saturated carbocycles. The monoisotopic (exact) mass is 264 g/mol. The zero-order valence-corrected chi connectivity index (χ0v) is 11.0. The van der Waals surface area contributed by atoms with E-state index < -0.39 is 0 Å². The predicted octanol–water partition coefficient (Wildman–Crippen LogP) is 3.52. The van der Waals surface area contributed by atoms with E-state index in [2.05, 4.69) is 9.98 Å². The van der Waals surface area contributed by atoms with Crippen LogP contribution in [0.1, 0.15) is 16.7 Å². The topological polar surface area (TPSA) is 58.9 Å². The minimum atomic E-state index is 0.328. The number of benzene rings is 2. The third-order valence-corrected chi connectivity index (χ3v) is 3.06. The fraction of sp³-hybridized carbons (Fsp3) is 0.125. The Morgan fingerprint density at radius 3 is 2.30 bits per heavy atom. The van der Waals surface area contributed by atoms with Gasteiger partial charge in [0.15, 0.2) is 0 Å². The molecule has 20 heavy (non-hydrogen) atoms. The van der Waals surface area contributed by atoms with E-state index in [4.69, 9.17) is 0 Å². The van der Waals surface area contributed by atoms with Gasteiger partial charge in [0, 0.05) is 0 Å². The Morgan fingerprint density at radius 2 is 1.60 bits per heavy atom. The number of carbonyl (C=O) groups excluding carboxylic acids is 2. The molecule has 98 valence electrons. The molecule has 0 heterocycles. The molecule has 4 heteroatoms. The fourth-order valence-electron chi connectivity index (χ4n) is 2.05. The number of aliphatic imine (C=N–C) groups is 2. The number of isocyanates is 2. The minimum absolute atomic E-state index is 0.328. The second kappa shape index (κ2) is 6.39. The molecule has 0 aliphatic rings. The number of hydrogen-bond donors (Lipinski definition) is 0. The van der Waals surface area contributed by atoms with Gasteiger partial charge in [-0.1, -0.05) is 36.4 Å². The molecule has 0 aromatic heterocycles. The first kappa shape index (κ1) is 13.6. The third kappa shape index (κ3) is 2.96. The lowest BCUT2D eigenvalue weighted by Gasteiger charge is -2.08. The summed E-state index contributed by atoms with van der Waals surface area (Å²) in [6, 6.07) is 13.2. The molecule has 0 bridgehead atoms. The Balaban J connectivity index is 2.51. The van der Waals surface area contributed by atoms with Crippen molar-refractivity contribution in [3.05, 3.63) is 59.2 Å². The van der Waals surface area contributed by atoms with Gasteiger partial charge in [0.05, 0.1) is 0 Å². The van der Waals surface area contributed by atoms with Gasteiger partial charge >= 0.3 is 0 Å². The fourth-order valence-corrected chi connectivity index (χ4v) is 2.05. The van der Waals surface area contributed by atoms with Crippen LogP contribution in [0.4, 0.5) is 11.4 Å². The summed E-state index contributed by atoms with van der Waals surface area (Å²) in [6.07, 6.45) is 3.59. The molecule has 0 N–H and O–H groups in total. The molecule has 4 nitrogen and oxygen atoms in total. The average molecular weight is 264 g/mol. The van der Waals surface area contributed by atoms with Crippen molar-refractivity contribution in [2.24, 2.45) is 9.98 Å². The van der Waals surface area contributed by atoms with Gasteiger partial charge in [0.25, 0.3) is 0 Å². The standard InChI is InChI=1S/C16H12N2O2/c1-12-5-2-3-6-13(12)9-14-7-4-8-15(17-10-19)16(14)18-11-20/h2-8H,9H2,1H3. The van der Waals surface area contributed by atoms with E-state index in [0.717, 1.165) is 16.7 Å². The molecule has 2 aromatic rings. The van der Waals surface area contributed by atoms with Crippen molar-refractivity contribution < 1.29 is 9.59 Å². The molecule has 0 aliphatic heterocycles. The van der Waals surface area contributed by atoms with Crippen molar-refractivity contribution >= 4 is 23.5 Å². The second-order valence-electron chi connectivity index (χ2n) is 4.29. The van der Waals surface area contributed by atoms with E-state index in [0.29, 0.717) is 17.8 Å². The highest BCUT2D eigenvalue weighted by molar-refractivity contribution is 5.72. The summed E-state index contributed by atoms with van der Waals surface area (Å²) in [7, 11) is 0. The molecule has 0 saturated heterocycles. The third-order valence-electron chi connectivity index (χ3n) is 3.06. The summed E-state index contributed by atoms with van der Waals surface area (Å²) in [4.78, 5) is 28.2. The largest absolute Gasteiger partial charge is 0.240 e. The summed E-state index contributed by atoms with van der Waals surface area (Å²) in [5.74, 6) is 0. The first-order chi connectivity index (χ1) is 9.76. The van der Waals surface area contributed by atoms with Gasteiger partial charge < -0.3 is 0 Å². The van der Waals surface area contributed by atoms with Crippen molar-refractivity contribution in [3.63, 3.8) is 0 Å². The van der Waals surface area contributed by atoms with Crippen molar-refractivity contribution in [2.45, 2.75) is 13.3 Å². The SMILES string of the molecule is Cc1ccccc1Cc1cccc(N=C=O)c1N=C=O. The maximum atomic E-state index is 10.6. The summed E-state index contributed by atoms with van der Waals surface area (Å²) in [5, 5.41) is 0. The first-order valence-electron chi connectivity index (χ1n) is 6.08. The average Bonchev–Trinajstić information content (AvgIpc) is 2.45. The van der Waals surface area contributed by atoms with Gasteiger partial charge in [0.1, 0.15) is 11.4 Å². The van der Waals surface area contributed by atoms with Crippen LogP contribution in [-0.2, 0) is 16.0 Å². The maximum absolute atomic E-state index is 10.6. The molecular formula is C16H12N2O2. The lowest BCUT2D eigenvalue weighted by atomic mass is 9.99. The van der Waals surface area contributed by atoms with Gasteiger partial charge in [-0.2, -0.15) is 9.98 Å². The quantitative estimate of drug-likeness (QED) is 0.626. The Kier molecular flexibility index (Phi) is 4.35. The van der Waals surface area contributed by atoms with Crippen molar-refractivity contribution in [1.82, 2.24) is 0 Å². The first-order valence-corrected chi connectivity index (χ1v) is 6.08. The molecule has 0 atom stereocenters. The molecule has 0 amide bonds. The predicted molar refractivity (Wildman–Crippen MR) is 76.0 cm³/mol. The van der Waals surface area contributed by atoms with Crippen molar-refractivity contribution in [2.75, 3.05) is 0 Å². The van der Waals surface area contributed by atoms with Crippen LogP contribution in [-0.4, -0.2) is 12.2 Å². The Bertz CT molecular complexity index is 725. The van der Waals surface area contributed by atoms with Gasteiger partial charge in [-0.3, -0.25) is 0 Å². The number of aryl methyl sites for hydroxylation is 1. The minimum Gasteiger partial charge on any atom is -0.211 e. The van der Waals surface area contributed by atoms with Crippen LogP contribution in [0.5, 0.6) is 0 Å². The highest BCUT2D eigenvalue weighted by Gasteiger charge is 2.09. The van der Waals surface area contributed by atoms with Crippen LogP contribution >= 0.6 is 0 Å². The molecule has 2 aromatic carbocycles. The van der Waals surface area contributed by atoms with E-state index in [-0.39, 0.29) is 0 Å². The van der Waals surface area contributed by atoms with Crippen LogP contribution < -0.4 is 0 Å². The van der Waals surface area contributed by atoms with Crippen LogP contribution in [0, 0.1) is 6.92 Å². The van der Waals surface area contributed by atoms with Crippen LogP contribution in [0.3, 0.4) is 0 Å². The number of hydrogen-bond acceptors (Lipinski definition) is 4. The van der Waals surface area contributed by atoms with E-state index in [1.165, 1.54) is 12.2 Å². The number of rotatable bonds is 4. The van der Waals surface area contributed by atoms with Crippen molar-refractivity contribution in [3.8, 4) is 0 Å². The normalized spacial score (nSPS) is 9.45.